The number of aromatic nitrogens is 1. The quantitative estimate of drug-likeness (QED) is 0.729. The van der Waals surface area contributed by atoms with Crippen LogP contribution in [0.1, 0.15) is 31.4 Å². The molecular weight excluding hydrogens is 324 g/mol. The second-order valence-corrected chi connectivity index (χ2v) is 7.57. The average molecular weight is 352 g/mol. The average Bonchev–Trinajstić information content (AvgIpc) is 2.99. The molecule has 1 saturated carbocycles. The van der Waals surface area contributed by atoms with Crippen molar-refractivity contribution in [1.29, 1.82) is 0 Å². The number of nitrogens with zero attached hydrogens (tertiary/aromatic N) is 2. The van der Waals surface area contributed by atoms with E-state index in [0.29, 0.717) is 18.0 Å². The van der Waals surface area contributed by atoms with Gasteiger partial charge < -0.3 is 9.47 Å². The molecule has 1 saturated heterocycles. The van der Waals surface area contributed by atoms with Gasteiger partial charge in [0.15, 0.2) is 0 Å². The Bertz CT molecular complexity index is 806. The molecule has 26 heavy (non-hydrogen) atoms. The van der Waals surface area contributed by atoms with Crippen molar-refractivity contribution < 1.29 is 9.47 Å². The van der Waals surface area contributed by atoms with Gasteiger partial charge in [0.2, 0.25) is 0 Å². The van der Waals surface area contributed by atoms with Crippen molar-refractivity contribution >= 4 is 10.9 Å². The second kappa shape index (κ2) is 7.01. The first kappa shape index (κ1) is 17.5. The number of likely N-dealkylation sites (tertiary alicyclic amines) is 1. The first-order valence-corrected chi connectivity index (χ1v) is 9.51. The van der Waals surface area contributed by atoms with Gasteiger partial charge in [0.1, 0.15) is 5.75 Å². The maximum atomic E-state index is 6.02. The molecule has 0 N–H and O–H groups in total. The molecule has 5 atom stereocenters. The van der Waals surface area contributed by atoms with E-state index in [-0.39, 0.29) is 6.10 Å². The van der Waals surface area contributed by atoms with Crippen molar-refractivity contribution in [3.8, 4) is 5.75 Å². The zero-order valence-corrected chi connectivity index (χ0v) is 15.9. The molecule has 4 nitrogen and oxygen atoms in total. The Morgan fingerprint density at radius 3 is 2.88 bits per heavy atom. The van der Waals surface area contributed by atoms with Gasteiger partial charge in [0.25, 0.3) is 0 Å². The van der Waals surface area contributed by atoms with Gasteiger partial charge in [-0.2, -0.15) is 0 Å². The number of methoxy groups -OCH3 is 2. The molecule has 2 aliphatic rings. The fourth-order valence-corrected chi connectivity index (χ4v) is 5.03. The van der Waals surface area contributed by atoms with Gasteiger partial charge >= 0.3 is 0 Å². The van der Waals surface area contributed by atoms with Crippen LogP contribution in [0.3, 0.4) is 0 Å². The number of benzene rings is 1. The van der Waals surface area contributed by atoms with Crippen molar-refractivity contribution in [3.63, 3.8) is 0 Å². The van der Waals surface area contributed by atoms with E-state index in [0.717, 1.165) is 29.1 Å². The standard InChI is InChI=1S/C22H28N2O2/c1-5-15-12-21-17(15)9-11-24(21)14(2)22(26-4)18-8-10-23-20-7-6-16(25-3)13-19(18)20/h5-8,10,13-15,17,21-22H,1,9,11-12H2,2-4H3/t14?,15?,17-,21?,22-/m0/s1. The molecule has 4 rings (SSSR count). The summed E-state index contributed by atoms with van der Waals surface area (Å²) in [6.45, 7) is 7.44. The Morgan fingerprint density at radius 1 is 1.31 bits per heavy atom. The Balaban J connectivity index is 1.65. The lowest BCUT2D eigenvalue weighted by Gasteiger charge is -2.45. The minimum atomic E-state index is 0.00846. The van der Waals surface area contributed by atoms with E-state index in [1.54, 1.807) is 7.11 Å². The highest BCUT2D eigenvalue weighted by molar-refractivity contribution is 5.84. The van der Waals surface area contributed by atoms with Crippen molar-refractivity contribution in [2.45, 2.75) is 38.0 Å². The molecule has 2 fully saturated rings. The SMILES string of the molecule is C=CC1CC2[C@H]1CCN2C(C)[C@H](OC)c1ccnc2ccc(OC)cc12. The zero-order chi connectivity index (χ0) is 18.3. The highest BCUT2D eigenvalue weighted by Crippen LogP contribution is 2.48. The van der Waals surface area contributed by atoms with Crippen molar-refractivity contribution in [2.24, 2.45) is 11.8 Å². The number of hydrogen-bond acceptors (Lipinski definition) is 4. The van der Waals surface area contributed by atoms with E-state index in [9.17, 15) is 0 Å². The van der Waals surface area contributed by atoms with E-state index < -0.39 is 0 Å². The van der Waals surface area contributed by atoms with Gasteiger partial charge in [0, 0.05) is 30.8 Å². The van der Waals surface area contributed by atoms with Crippen LogP contribution >= 0.6 is 0 Å². The lowest BCUT2D eigenvalue weighted by atomic mass is 9.69. The molecule has 0 radical (unpaired) electrons. The molecule has 1 aliphatic heterocycles. The summed E-state index contributed by atoms with van der Waals surface area (Å²) >= 11 is 0. The van der Waals surface area contributed by atoms with Gasteiger partial charge in [-0.25, -0.2) is 0 Å². The molecule has 3 unspecified atom stereocenters. The van der Waals surface area contributed by atoms with E-state index in [2.05, 4.69) is 41.6 Å². The van der Waals surface area contributed by atoms with Crippen LogP contribution in [0, 0.1) is 11.8 Å². The highest BCUT2D eigenvalue weighted by Gasteiger charge is 2.49. The van der Waals surface area contributed by atoms with Crippen LogP contribution < -0.4 is 4.74 Å². The van der Waals surface area contributed by atoms with Crippen LogP contribution in [0.2, 0.25) is 0 Å². The summed E-state index contributed by atoms with van der Waals surface area (Å²) < 4.78 is 11.4. The molecule has 1 aromatic carbocycles. The van der Waals surface area contributed by atoms with Crippen LogP contribution in [-0.2, 0) is 4.74 Å². The number of allylic oxidation sites excluding steroid dienone is 1. The minimum Gasteiger partial charge on any atom is -0.497 e. The zero-order valence-electron chi connectivity index (χ0n) is 15.9. The van der Waals surface area contributed by atoms with Crippen LogP contribution in [0.25, 0.3) is 10.9 Å². The predicted octanol–water partition coefficient (Wildman–Crippen LogP) is 4.22. The van der Waals surface area contributed by atoms with E-state index in [1.165, 1.54) is 18.4 Å². The van der Waals surface area contributed by atoms with Gasteiger partial charge in [-0.05, 0) is 68.0 Å². The van der Waals surface area contributed by atoms with Gasteiger partial charge in [-0.3, -0.25) is 9.88 Å². The van der Waals surface area contributed by atoms with Crippen LogP contribution in [0.15, 0.2) is 43.1 Å². The predicted molar refractivity (Wildman–Crippen MR) is 104 cm³/mol. The molecule has 2 heterocycles. The lowest BCUT2D eigenvalue weighted by molar-refractivity contribution is -0.0115. The summed E-state index contributed by atoms with van der Waals surface area (Å²) in [4.78, 5) is 7.16. The molecule has 138 valence electrons. The van der Waals surface area contributed by atoms with Crippen LogP contribution in [0.5, 0.6) is 5.75 Å². The molecule has 0 bridgehead atoms. The van der Waals surface area contributed by atoms with Gasteiger partial charge in [0.05, 0.1) is 18.7 Å². The fourth-order valence-electron chi connectivity index (χ4n) is 5.03. The summed E-state index contributed by atoms with van der Waals surface area (Å²) in [6, 6.07) is 9.12. The third kappa shape index (κ3) is 2.72. The maximum Gasteiger partial charge on any atom is 0.119 e. The fraction of sp³-hybridized carbons (Fsp3) is 0.500. The third-order valence-corrected chi connectivity index (χ3v) is 6.51. The Hall–Kier alpha value is -1.91. The first-order chi connectivity index (χ1) is 12.7. The lowest BCUT2D eigenvalue weighted by Crippen LogP contribution is -2.50. The molecule has 2 aromatic rings. The van der Waals surface area contributed by atoms with E-state index in [4.69, 9.17) is 9.47 Å². The molecular formula is C22H28N2O2. The maximum absolute atomic E-state index is 6.02. The Labute approximate surface area is 155 Å². The minimum absolute atomic E-state index is 0.00846. The van der Waals surface area contributed by atoms with E-state index >= 15 is 0 Å². The number of hydrogen-bond donors (Lipinski definition) is 0. The highest BCUT2D eigenvalue weighted by atomic mass is 16.5. The topological polar surface area (TPSA) is 34.6 Å². The third-order valence-electron chi connectivity index (χ3n) is 6.51. The van der Waals surface area contributed by atoms with Crippen molar-refractivity contribution in [1.82, 2.24) is 9.88 Å². The van der Waals surface area contributed by atoms with Crippen LogP contribution in [0.4, 0.5) is 0 Å². The monoisotopic (exact) mass is 352 g/mol. The molecule has 4 heteroatoms. The molecule has 0 amide bonds. The Kier molecular flexibility index (Phi) is 4.72. The van der Waals surface area contributed by atoms with Gasteiger partial charge in [-0.15, -0.1) is 6.58 Å². The first-order valence-electron chi connectivity index (χ1n) is 9.51. The smallest absolute Gasteiger partial charge is 0.119 e. The summed E-state index contributed by atoms with van der Waals surface area (Å²) in [5.41, 5.74) is 2.17. The second-order valence-electron chi connectivity index (χ2n) is 7.57. The van der Waals surface area contributed by atoms with Crippen LogP contribution in [-0.4, -0.2) is 42.7 Å². The summed E-state index contributed by atoms with van der Waals surface area (Å²) in [7, 11) is 3.51. The number of fused-ring (bicyclic) bond motifs is 2. The number of rotatable bonds is 6. The van der Waals surface area contributed by atoms with Crippen molar-refractivity contribution in [3.05, 3.63) is 48.7 Å². The van der Waals surface area contributed by atoms with E-state index in [1.807, 2.05) is 25.4 Å². The largest absolute Gasteiger partial charge is 0.497 e. The Morgan fingerprint density at radius 2 is 2.15 bits per heavy atom. The number of pyridine rings is 1. The van der Waals surface area contributed by atoms with Crippen molar-refractivity contribution in [2.75, 3.05) is 20.8 Å². The summed E-state index contributed by atoms with van der Waals surface area (Å²) in [5, 5.41) is 1.11. The molecule has 1 aromatic heterocycles. The normalized spacial score (nSPS) is 27.6. The van der Waals surface area contributed by atoms with Gasteiger partial charge in [-0.1, -0.05) is 6.08 Å². The molecule has 1 aliphatic carbocycles. The summed E-state index contributed by atoms with van der Waals surface area (Å²) in [6.07, 6.45) is 6.54. The molecule has 0 spiro atoms. The summed E-state index contributed by atoms with van der Waals surface area (Å²) in [5.74, 6) is 2.33. The number of ether oxygens (including phenoxy) is 2.